The van der Waals surface area contributed by atoms with Crippen LogP contribution >= 0.6 is 0 Å². The number of hydrogen-bond donors (Lipinski definition) is 0. The van der Waals surface area contributed by atoms with E-state index in [1.165, 1.54) is 10.4 Å². The van der Waals surface area contributed by atoms with Gasteiger partial charge in [-0.25, -0.2) is 8.42 Å². The molecule has 136 valence electrons. The van der Waals surface area contributed by atoms with Crippen LogP contribution in [-0.4, -0.2) is 24.8 Å². The average molecular weight is 363 g/mol. The quantitative estimate of drug-likeness (QED) is 0.775. The second kappa shape index (κ2) is 6.33. The highest BCUT2D eigenvalue weighted by molar-refractivity contribution is 7.89. The van der Waals surface area contributed by atoms with E-state index in [-0.39, 0.29) is 12.5 Å². The topological polar surface area (TPSA) is 37.4 Å². The summed E-state index contributed by atoms with van der Waals surface area (Å²) in [4.78, 5) is -0.644. The molecule has 0 radical (unpaired) electrons. The minimum absolute atomic E-state index is 0.116. The molecule has 0 amide bonds. The average Bonchev–Trinajstić information content (AvgIpc) is 2.44. The first kappa shape index (κ1) is 19.2. The monoisotopic (exact) mass is 363 g/mol. The fourth-order valence-electron chi connectivity index (χ4n) is 3.16. The molecule has 2 rings (SSSR count). The summed E-state index contributed by atoms with van der Waals surface area (Å²) in [6.45, 7) is 7.33. The lowest BCUT2D eigenvalue weighted by Gasteiger charge is -2.41. The first-order valence-corrected chi connectivity index (χ1v) is 9.55. The summed E-state index contributed by atoms with van der Waals surface area (Å²) in [7, 11) is -4.21. The molecule has 1 aliphatic heterocycles. The zero-order valence-electron chi connectivity index (χ0n) is 14.4. The first-order chi connectivity index (χ1) is 10.9. The van der Waals surface area contributed by atoms with Crippen molar-refractivity contribution in [3.8, 4) is 0 Å². The van der Waals surface area contributed by atoms with Crippen LogP contribution in [0.1, 0.15) is 64.0 Å². The lowest BCUT2D eigenvalue weighted by molar-refractivity contribution is -0.140. The molecule has 1 aromatic carbocycles. The molecule has 7 heteroatoms. The number of halogens is 3. The predicted molar refractivity (Wildman–Crippen MR) is 87.4 cm³/mol. The van der Waals surface area contributed by atoms with E-state index in [1.807, 2.05) is 0 Å². The van der Waals surface area contributed by atoms with Crippen LogP contribution in [0.4, 0.5) is 13.2 Å². The third-order valence-electron chi connectivity index (χ3n) is 4.62. The van der Waals surface area contributed by atoms with Gasteiger partial charge < -0.3 is 0 Å². The van der Waals surface area contributed by atoms with E-state index < -0.39 is 32.2 Å². The molecule has 3 nitrogen and oxygen atoms in total. The molecule has 1 fully saturated rings. The number of nitrogens with zero attached hydrogens (tertiary/aromatic N) is 1. The van der Waals surface area contributed by atoms with Crippen molar-refractivity contribution in [3.05, 3.63) is 29.3 Å². The summed E-state index contributed by atoms with van der Waals surface area (Å²) < 4.78 is 67.7. The zero-order chi connectivity index (χ0) is 18.3. The van der Waals surface area contributed by atoms with Crippen molar-refractivity contribution >= 4 is 10.0 Å². The van der Waals surface area contributed by atoms with Crippen LogP contribution in [0.3, 0.4) is 0 Å². The summed E-state index contributed by atoms with van der Waals surface area (Å²) in [5.41, 5.74) is -1.29. The molecule has 1 aromatic rings. The Morgan fingerprint density at radius 3 is 2.29 bits per heavy atom. The van der Waals surface area contributed by atoms with Crippen LogP contribution in [0, 0.1) is 0 Å². The minimum Gasteiger partial charge on any atom is -0.207 e. The van der Waals surface area contributed by atoms with Crippen LogP contribution in [0.15, 0.2) is 23.1 Å². The number of piperidine rings is 1. The van der Waals surface area contributed by atoms with Gasteiger partial charge >= 0.3 is 6.18 Å². The second-order valence-corrected chi connectivity index (χ2v) is 9.09. The molecule has 0 bridgehead atoms. The summed E-state index contributed by atoms with van der Waals surface area (Å²) >= 11 is 0. The minimum atomic E-state index is -4.72. The second-order valence-electron chi connectivity index (χ2n) is 7.25. The third-order valence-corrected chi connectivity index (χ3v) is 6.79. The molecule has 0 atom stereocenters. The van der Waals surface area contributed by atoms with Gasteiger partial charge in [-0.15, -0.1) is 0 Å². The molecular weight excluding hydrogens is 339 g/mol. The molecule has 1 saturated heterocycles. The Kier molecular flexibility index (Phi) is 5.08. The number of alkyl halides is 3. The Hall–Kier alpha value is -1.08. The molecule has 0 aromatic heterocycles. The van der Waals surface area contributed by atoms with E-state index in [0.29, 0.717) is 18.4 Å². The molecule has 0 spiro atoms. The van der Waals surface area contributed by atoms with Crippen LogP contribution < -0.4 is 0 Å². The van der Waals surface area contributed by atoms with Gasteiger partial charge in [0.2, 0.25) is 10.0 Å². The van der Waals surface area contributed by atoms with Crippen molar-refractivity contribution in [3.63, 3.8) is 0 Å². The summed E-state index contributed by atoms with van der Waals surface area (Å²) in [6, 6.07) is 3.55. The van der Waals surface area contributed by atoms with Gasteiger partial charge in [0.05, 0.1) is 10.5 Å². The summed E-state index contributed by atoms with van der Waals surface area (Å²) in [6.07, 6.45) is -2.55. The van der Waals surface area contributed by atoms with E-state index in [2.05, 4.69) is 0 Å². The summed E-state index contributed by atoms with van der Waals surface area (Å²) in [5.74, 6) is -0.116. The molecule has 0 unspecified atom stereocenters. The summed E-state index contributed by atoms with van der Waals surface area (Å²) in [5, 5.41) is 0. The smallest absolute Gasteiger partial charge is 0.207 e. The highest BCUT2D eigenvalue weighted by atomic mass is 32.2. The van der Waals surface area contributed by atoms with Gasteiger partial charge in [-0.05, 0) is 50.3 Å². The number of benzene rings is 1. The maximum Gasteiger partial charge on any atom is 0.417 e. The Bertz CT molecular complexity index is 709. The van der Waals surface area contributed by atoms with Gasteiger partial charge in [0, 0.05) is 12.1 Å². The Balaban J connectivity index is 2.62. The standard InChI is InChI=1S/C17H24F3NO2S/c1-12(2)13-7-8-15(14(11-13)17(18,19)20)24(22,23)21-10-6-5-9-16(21,3)4/h7-8,11-12H,5-6,9-10H2,1-4H3. The van der Waals surface area contributed by atoms with Crippen molar-refractivity contribution < 1.29 is 21.6 Å². The predicted octanol–water partition coefficient (Wildman–Crippen LogP) is 4.78. The number of sulfonamides is 1. The van der Waals surface area contributed by atoms with Crippen LogP contribution in [-0.2, 0) is 16.2 Å². The van der Waals surface area contributed by atoms with E-state index >= 15 is 0 Å². The van der Waals surface area contributed by atoms with Gasteiger partial charge in [-0.2, -0.15) is 17.5 Å². The zero-order valence-corrected chi connectivity index (χ0v) is 15.3. The SMILES string of the molecule is CC(C)c1ccc(S(=O)(=O)N2CCCCC2(C)C)c(C(F)(F)F)c1. The van der Waals surface area contributed by atoms with Gasteiger partial charge in [0.15, 0.2) is 0 Å². The van der Waals surface area contributed by atoms with Crippen molar-refractivity contribution in [2.75, 3.05) is 6.54 Å². The van der Waals surface area contributed by atoms with Gasteiger partial charge in [-0.1, -0.05) is 26.3 Å². The lowest BCUT2D eigenvalue weighted by Crippen LogP contribution is -2.50. The molecule has 1 heterocycles. The molecule has 0 aliphatic carbocycles. The fraction of sp³-hybridized carbons (Fsp3) is 0.647. The fourth-order valence-corrected chi connectivity index (χ4v) is 5.20. The van der Waals surface area contributed by atoms with E-state index in [4.69, 9.17) is 0 Å². The van der Waals surface area contributed by atoms with E-state index in [0.717, 1.165) is 18.6 Å². The Labute approximate surface area is 141 Å². The van der Waals surface area contributed by atoms with Crippen LogP contribution in [0.25, 0.3) is 0 Å². The number of rotatable bonds is 3. The molecular formula is C17H24F3NO2S. The van der Waals surface area contributed by atoms with E-state index in [9.17, 15) is 21.6 Å². The Morgan fingerprint density at radius 1 is 1.17 bits per heavy atom. The Morgan fingerprint density at radius 2 is 1.79 bits per heavy atom. The maximum atomic E-state index is 13.5. The van der Waals surface area contributed by atoms with Crippen LogP contribution in [0.5, 0.6) is 0 Å². The number of hydrogen-bond acceptors (Lipinski definition) is 2. The molecule has 1 aliphatic rings. The van der Waals surface area contributed by atoms with Crippen LogP contribution in [0.2, 0.25) is 0 Å². The maximum absolute atomic E-state index is 13.5. The van der Waals surface area contributed by atoms with Gasteiger partial charge in [-0.3, -0.25) is 0 Å². The molecule has 0 saturated carbocycles. The van der Waals surface area contributed by atoms with E-state index in [1.54, 1.807) is 27.7 Å². The van der Waals surface area contributed by atoms with Crippen molar-refractivity contribution in [2.24, 2.45) is 0 Å². The first-order valence-electron chi connectivity index (χ1n) is 8.11. The van der Waals surface area contributed by atoms with Gasteiger partial charge in [0.25, 0.3) is 0 Å². The highest BCUT2D eigenvalue weighted by Gasteiger charge is 2.44. The van der Waals surface area contributed by atoms with Crippen molar-refractivity contribution in [1.29, 1.82) is 0 Å². The van der Waals surface area contributed by atoms with Gasteiger partial charge in [0.1, 0.15) is 0 Å². The normalized spacial score (nSPS) is 19.7. The lowest BCUT2D eigenvalue weighted by atomic mass is 9.93. The van der Waals surface area contributed by atoms with Crippen molar-refractivity contribution in [2.45, 2.75) is 69.5 Å². The molecule has 0 N–H and O–H groups in total. The van der Waals surface area contributed by atoms with Crippen molar-refractivity contribution in [1.82, 2.24) is 4.31 Å². The largest absolute Gasteiger partial charge is 0.417 e. The highest BCUT2D eigenvalue weighted by Crippen LogP contribution is 2.40. The molecule has 24 heavy (non-hydrogen) atoms. The third kappa shape index (κ3) is 3.61.